The van der Waals surface area contributed by atoms with Crippen molar-refractivity contribution in [3.63, 3.8) is 0 Å². The van der Waals surface area contributed by atoms with Gasteiger partial charge in [-0.2, -0.15) is 11.8 Å². The van der Waals surface area contributed by atoms with Crippen molar-refractivity contribution < 1.29 is 13.9 Å². The van der Waals surface area contributed by atoms with Gasteiger partial charge in [0.2, 0.25) is 0 Å². The van der Waals surface area contributed by atoms with Gasteiger partial charge in [0.25, 0.3) is 5.91 Å². The summed E-state index contributed by atoms with van der Waals surface area (Å²) in [7, 11) is 0. The zero-order valence-corrected chi connectivity index (χ0v) is 16.0. The predicted octanol–water partition coefficient (Wildman–Crippen LogP) is 4.08. The Hall–Kier alpha value is -1.44. The molecule has 4 rings (SSSR count). The lowest BCUT2D eigenvalue weighted by Crippen LogP contribution is -2.44. The summed E-state index contributed by atoms with van der Waals surface area (Å²) in [5.74, 6) is 1.73. The van der Waals surface area contributed by atoms with Crippen molar-refractivity contribution in [2.24, 2.45) is 0 Å². The van der Waals surface area contributed by atoms with Crippen LogP contribution in [0.15, 0.2) is 30.5 Å². The van der Waals surface area contributed by atoms with Crippen LogP contribution in [0.2, 0.25) is 0 Å². The van der Waals surface area contributed by atoms with E-state index in [9.17, 15) is 9.18 Å². The highest BCUT2D eigenvalue weighted by Gasteiger charge is 2.32. The van der Waals surface area contributed by atoms with Gasteiger partial charge in [0.1, 0.15) is 15.7 Å². The zero-order valence-electron chi connectivity index (χ0n) is 14.4. The van der Waals surface area contributed by atoms with Gasteiger partial charge in [-0.1, -0.05) is 12.1 Å². The van der Waals surface area contributed by atoms with E-state index >= 15 is 0 Å². The molecule has 2 aliphatic heterocycles. The van der Waals surface area contributed by atoms with Crippen LogP contribution in [0.25, 0.3) is 10.6 Å². The second-order valence-electron chi connectivity index (χ2n) is 6.62. The Morgan fingerprint density at radius 3 is 2.96 bits per heavy atom. The fourth-order valence-electron chi connectivity index (χ4n) is 3.45. The van der Waals surface area contributed by atoms with Crippen molar-refractivity contribution in [1.29, 1.82) is 0 Å². The van der Waals surface area contributed by atoms with Crippen LogP contribution in [0.5, 0.6) is 0 Å². The Labute approximate surface area is 160 Å². The van der Waals surface area contributed by atoms with Crippen LogP contribution in [0.4, 0.5) is 4.39 Å². The first-order chi connectivity index (χ1) is 12.7. The molecule has 1 aromatic carbocycles. The molecule has 2 fully saturated rings. The number of halogens is 1. The molecule has 7 heteroatoms. The van der Waals surface area contributed by atoms with Crippen LogP contribution >= 0.6 is 23.1 Å². The molecule has 0 unspecified atom stereocenters. The third-order valence-corrected chi connectivity index (χ3v) is 7.02. The van der Waals surface area contributed by atoms with E-state index in [0.29, 0.717) is 22.0 Å². The van der Waals surface area contributed by atoms with Crippen LogP contribution in [0.3, 0.4) is 0 Å². The number of nitrogens with zero attached hydrogens (tertiary/aromatic N) is 2. The molecule has 0 saturated carbocycles. The third kappa shape index (κ3) is 3.80. The fourth-order valence-corrected chi connectivity index (χ4v) is 5.57. The molecule has 1 aromatic heterocycles. The van der Waals surface area contributed by atoms with Crippen LogP contribution in [-0.4, -0.2) is 52.6 Å². The smallest absolute Gasteiger partial charge is 0.265 e. The van der Waals surface area contributed by atoms with Crippen LogP contribution in [0.1, 0.15) is 28.9 Å². The van der Waals surface area contributed by atoms with E-state index in [-0.39, 0.29) is 23.9 Å². The van der Waals surface area contributed by atoms with Gasteiger partial charge in [-0.3, -0.25) is 4.79 Å². The van der Waals surface area contributed by atoms with E-state index in [1.165, 1.54) is 17.4 Å². The largest absolute Gasteiger partial charge is 0.376 e. The van der Waals surface area contributed by atoms with Crippen molar-refractivity contribution in [1.82, 2.24) is 9.88 Å². The van der Waals surface area contributed by atoms with Gasteiger partial charge in [-0.05, 0) is 37.1 Å². The Balaban J connectivity index is 1.56. The SMILES string of the molecule is O=C(c1cnc(-c2ccccc2F)s1)N(C[C@@H]1CCCO1)[C@H]1CCSC1. The molecule has 0 N–H and O–H groups in total. The summed E-state index contributed by atoms with van der Waals surface area (Å²) in [6.07, 6.45) is 4.79. The van der Waals surface area contributed by atoms with E-state index in [1.54, 1.807) is 24.4 Å². The van der Waals surface area contributed by atoms with E-state index < -0.39 is 0 Å². The van der Waals surface area contributed by atoms with Crippen LogP contribution < -0.4 is 0 Å². The molecule has 26 heavy (non-hydrogen) atoms. The molecule has 1 amide bonds. The molecule has 0 radical (unpaired) electrons. The van der Waals surface area contributed by atoms with E-state index in [0.717, 1.165) is 37.4 Å². The first-order valence-electron chi connectivity index (χ1n) is 8.93. The maximum Gasteiger partial charge on any atom is 0.265 e. The summed E-state index contributed by atoms with van der Waals surface area (Å²) in [6.45, 7) is 1.42. The second-order valence-corrected chi connectivity index (χ2v) is 8.80. The fraction of sp³-hybridized carbons (Fsp3) is 0.474. The lowest BCUT2D eigenvalue weighted by atomic mass is 10.1. The average molecular weight is 393 g/mol. The summed E-state index contributed by atoms with van der Waals surface area (Å²) in [6, 6.07) is 6.79. The molecule has 138 valence electrons. The number of benzene rings is 1. The van der Waals surface area contributed by atoms with Gasteiger partial charge in [0, 0.05) is 30.5 Å². The number of hydrogen-bond acceptors (Lipinski definition) is 5. The third-order valence-electron chi connectivity index (χ3n) is 4.85. The zero-order chi connectivity index (χ0) is 17.9. The average Bonchev–Trinajstić information content (AvgIpc) is 3.41. The molecule has 4 nitrogen and oxygen atoms in total. The quantitative estimate of drug-likeness (QED) is 0.769. The Bertz CT molecular complexity index is 770. The minimum Gasteiger partial charge on any atom is -0.376 e. The number of carbonyl (C=O) groups excluding carboxylic acids is 1. The lowest BCUT2D eigenvalue weighted by Gasteiger charge is -2.30. The number of ether oxygens (including phenoxy) is 1. The molecule has 0 spiro atoms. The number of amides is 1. The minimum atomic E-state index is -0.316. The van der Waals surface area contributed by atoms with Gasteiger partial charge in [0.15, 0.2) is 0 Å². The molecule has 2 aliphatic rings. The molecule has 2 aromatic rings. The number of carbonyl (C=O) groups is 1. The number of thioether (sulfide) groups is 1. The van der Waals surface area contributed by atoms with E-state index in [4.69, 9.17) is 4.74 Å². The summed E-state index contributed by atoms with van der Waals surface area (Å²) < 4.78 is 19.8. The highest BCUT2D eigenvalue weighted by Crippen LogP contribution is 2.30. The summed E-state index contributed by atoms with van der Waals surface area (Å²) >= 11 is 3.15. The molecule has 0 bridgehead atoms. The lowest BCUT2D eigenvalue weighted by molar-refractivity contribution is 0.0445. The number of aromatic nitrogens is 1. The minimum absolute atomic E-state index is 0.00640. The molecule has 2 saturated heterocycles. The van der Waals surface area contributed by atoms with Crippen LogP contribution in [0, 0.1) is 5.82 Å². The predicted molar refractivity (Wildman–Crippen MR) is 103 cm³/mol. The highest BCUT2D eigenvalue weighted by atomic mass is 32.2. The van der Waals surface area contributed by atoms with Gasteiger partial charge in [-0.25, -0.2) is 9.37 Å². The van der Waals surface area contributed by atoms with Gasteiger partial charge in [-0.15, -0.1) is 11.3 Å². The second kappa shape index (κ2) is 8.06. The summed E-state index contributed by atoms with van der Waals surface area (Å²) in [5, 5.41) is 0.546. The standard InChI is InChI=1S/C19H21FN2O2S2/c20-16-6-2-1-5-15(16)18-21-10-17(26-18)19(23)22(13-7-9-25-12-13)11-14-4-3-8-24-14/h1-2,5-6,10,13-14H,3-4,7-9,11-12H2/t13-,14-/m0/s1. The highest BCUT2D eigenvalue weighted by molar-refractivity contribution is 7.99. The monoisotopic (exact) mass is 392 g/mol. The van der Waals surface area contributed by atoms with E-state index in [2.05, 4.69) is 4.98 Å². The van der Waals surface area contributed by atoms with Gasteiger partial charge in [0.05, 0.1) is 12.3 Å². The van der Waals surface area contributed by atoms with Crippen molar-refractivity contribution in [3.8, 4) is 10.6 Å². The molecule has 3 heterocycles. The van der Waals surface area contributed by atoms with Crippen molar-refractivity contribution in [2.45, 2.75) is 31.4 Å². The normalized spacial score (nSPS) is 22.7. The van der Waals surface area contributed by atoms with Gasteiger partial charge < -0.3 is 9.64 Å². The first-order valence-corrected chi connectivity index (χ1v) is 10.9. The molecule has 0 aliphatic carbocycles. The van der Waals surface area contributed by atoms with E-state index in [1.807, 2.05) is 16.7 Å². The van der Waals surface area contributed by atoms with Crippen molar-refractivity contribution >= 4 is 29.0 Å². The Kier molecular flexibility index (Phi) is 5.57. The first kappa shape index (κ1) is 17.9. The number of thiazole rings is 1. The Morgan fingerprint density at radius 1 is 1.35 bits per heavy atom. The molecular weight excluding hydrogens is 371 g/mol. The molecular formula is C19H21FN2O2S2. The number of hydrogen-bond donors (Lipinski definition) is 0. The van der Waals surface area contributed by atoms with Crippen LogP contribution in [-0.2, 0) is 4.74 Å². The molecule has 2 atom stereocenters. The Morgan fingerprint density at radius 2 is 2.23 bits per heavy atom. The maximum atomic E-state index is 14.0. The van der Waals surface area contributed by atoms with Gasteiger partial charge >= 0.3 is 0 Å². The maximum absolute atomic E-state index is 14.0. The summed E-state index contributed by atoms with van der Waals surface area (Å²) in [4.78, 5) is 20.0. The number of rotatable bonds is 5. The van der Waals surface area contributed by atoms with Crippen molar-refractivity contribution in [2.75, 3.05) is 24.7 Å². The van der Waals surface area contributed by atoms with Crippen molar-refractivity contribution in [3.05, 3.63) is 41.2 Å². The summed E-state index contributed by atoms with van der Waals surface area (Å²) in [5.41, 5.74) is 0.443. The topological polar surface area (TPSA) is 42.4 Å².